The van der Waals surface area contributed by atoms with Crippen LogP contribution in [-0.2, 0) is 0 Å². The minimum atomic E-state index is 1.70. The molecule has 0 aromatic heterocycles. The van der Waals surface area contributed by atoms with Crippen molar-refractivity contribution in [3.8, 4) is 36.0 Å². The van der Waals surface area contributed by atoms with Crippen LogP contribution in [0, 0.1) is 36.0 Å². The Kier molecular flexibility index (Phi) is 2.58. The molecule has 0 radical (unpaired) electrons. The monoisotopic (exact) mass is 89.0 g/mol. The van der Waals surface area contributed by atoms with Crippen LogP contribution in [0.25, 0.3) is 0 Å². The average molecular weight is 89.1 g/mol. The van der Waals surface area contributed by atoms with Crippen LogP contribution >= 0.6 is 0 Å². The number of terminal acetylenes is 1. The van der Waals surface area contributed by atoms with Crippen molar-refractivity contribution in [2.45, 2.75) is 6.92 Å². The molecule has 0 fully saturated rings. The van der Waals surface area contributed by atoms with E-state index in [1.807, 2.05) is 6.40 Å². The van der Waals surface area contributed by atoms with Gasteiger partial charge in [0.1, 0.15) is 1.37 Å². The van der Waals surface area contributed by atoms with Gasteiger partial charge in [-0.15, -0.1) is 6.40 Å². The fourth-order valence-electron chi connectivity index (χ4n) is 0.125. The van der Waals surface area contributed by atoms with E-state index in [9.17, 15) is 0 Å². The fourth-order valence-corrected chi connectivity index (χ4v) is 0.125. The summed E-state index contributed by atoms with van der Waals surface area (Å²) in [6, 6.07) is 0. The van der Waals surface area contributed by atoms with Gasteiger partial charge in [0.15, 0.2) is 0 Å². The molecule has 0 bridgehead atoms. The van der Waals surface area contributed by atoms with E-state index in [1.165, 1.54) is 0 Å². The summed E-state index contributed by atoms with van der Waals surface area (Å²) < 4.78 is 6.33. The Bertz CT molecular complexity index is 194. The third-order valence-electron chi connectivity index (χ3n) is 0.312. The highest BCUT2D eigenvalue weighted by molar-refractivity contribution is 5.33. The van der Waals surface area contributed by atoms with Crippen LogP contribution in [0.4, 0.5) is 0 Å². The molecule has 0 rings (SSSR count). The zero-order valence-corrected chi connectivity index (χ0v) is 4.00. The third kappa shape index (κ3) is 4.68. The molecule has 0 aliphatic rings. The minimum Gasteiger partial charge on any atom is -0.106 e. The zero-order valence-electron chi connectivity index (χ0n) is 5.00. The molecule has 0 aromatic rings. The molecule has 0 unspecified atom stereocenters. The first-order valence-corrected chi connectivity index (χ1v) is 1.75. The van der Waals surface area contributed by atoms with Crippen LogP contribution in [0.5, 0.6) is 0 Å². The first kappa shape index (κ1) is 3.86. The molecular formula is C7H4. The van der Waals surface area contributed by atoms with Gasteiger partial charge in [0.2, 0.25) is 0 Å². The zero-order chi connectivity index (χ0) is 6.24. The van der Waals surface area contributed by atoms with Gasteiger partial charge in [-0.1, -0.05) is 5.92 Å². The molecule has 7 heavy (non-hydrogen) atoms. The maximum absolute atomic E-state index is 6.33. The van der Waals surface area contributed by atoms with Crippen LogP contribution in [0.3, 0.4) is 0 Å². The second kappa shape index (κ2) is 4.68. The summed E-state index contributed by atoms with van der Waals surface area (Å²) in [6.07, 6.45) is 1.89. The summed E-state index contributed by atoms with van der Waals surface area (Å²) in [5.74, 6) is 12.1. The largest absolute Gasteiger partial charge is 0.125 e. The van der Waals surface area contributed by atoms with Crippen molar-refractivity contribution in [3.05, 3.63) is 0 Å². The Labute approximate surface area is 45.3 Å². The van der Waals surface area contributed by atoms with Crippen molar-refractivity contribution in [3.63, 3.8) is 0 Å². The summed E-state index contributed by atoms with van der Waals surface area (Å²) in [5, 5.41) is 0. The molecule has 0 aliphatic carbocycles. The molecule has 0 N–H and O–H groups in total. The highest BCUT2D eigenvalue weighted by atomic mass is 13.5. The fraction of sp³-hybridized carbons (Fsp3) is 0.143. The molecule has 0 heterocycles. The predicted molar refractivity (Wildman–Crippen MR) is 30.1 cm³/mol. The quantitative estimate of drug-likeness (QED) is 0.382. The standard InChI is InChI=1S/C7H4/c1-3-5-7-6-4-2/h1H,2H3/i1D. The SMILES string of the molecule is [2H]C#CC#CC#CC. The van der Waals surface area contributed by atoms with E-state index in [4.69, 9.17) is 1.37 Å². The van der Waals surface area contributed by atoms with E-state index in [-0.39, 0.29) is 0 Å². The normalized spacial score (nSPS) is 4.43. The first-order chi connectivity index (χ1) is 3.91. The Morgan fingerprint density at radius 2 is 2.29 bits per heavy atom. The molecule has 32 valence electrons. The summed E-state index contributed by atoms with van der Waals surface area (Å²) in [6.45, 7) is 1.70. The molecule has 0 amide bonds. The smallest absolute Gasteiger partial charge is 0.106 e. The average Bonchev–Trinajstić information content (AvgIpc) is 1.81. The van der Waals surface area contributed by atoms with Crippen molar-refractivity contribution in [1.29, 1.82) is 0 Å². The molecule has 0 heteroatoms. The third-order valence-corrected chi connectivity index (χ3v) is 0.312. The second-order valence-corrected chi connectivity index (χ2v) is 0.750. The highest BCUT2D eigenvalue weighted by Crippen LogP contribution is 1.48. The minimum absolute atomic E-state index is 1.70. The van der Waals surface area contributed by atoms with Crippen molar-refractivity contribution < 1.29 is 1.37 Å². The Morgan fingerprint density at radius 3 is 2.86 bits per heavy atom. The van der Waals surface area contributed by atoms with Crippen LogP contribution in [0.15, 0.2) is 0 Å². The summed E-state index contributed by atoms with van der Waals surface area (Å²) in [4.78, 5) is 0. The van der Waals surface area contributed by atoms with Crippen molar-refractivity contribution in [2.75, 3.05) is 0 Å². The van der Waals surface area contributed by atoms with Gasteiger partial charge in [-0.2, -0.15) is 0 Å². The maximum atomic E-state index is 6.33. The van der Waals surface area contributed by atoms with Gasteiger partial charge < -0.3 is 0 Å². The predicted octanol–water partition coefficient (Wildman–Crippen LogP) is 0.646. The van der Waals surface area contributed by atoms with Gasteiger partial charge in [0.25, 0.3) is 0 Å². The van der Waals surface area contributed by atoms with Crippen LogP contribution in [0.2, 0.25) is 0 Å². The summed E-state index contributed by atoms with van der Waals surface area (Å²) in [5.41, 5.74) is 0. The Hall–Kier alpha value is -1.32. The lowest BCUT2D eigenvalue weighted by Crippen LogP contribution is -1.46. The number of hydrogen-bond donors (Lipinski definition) is 0. The van der Waals surface area contributed by atoms with E-state index in [0.29, 0.717) is 0 Å². The van der Waals surface area contributed by atoms with Gasteiger partial charge in [0, 0.05) is 0 Å². The molecule has 0 spiro atoms. The molecule has 0 saturated carbocycles. The lowest BCUT2D eigenvalue weighted by molar-refractivity contribution is 1.92. The highest BCUT2D eigenvalue weighted by Gasteiger charge is 1.45. The van der Waals surface area contributed by atoms with Gasteiger partial charge >= 0.3 is 0 Å². The molecule has 0 saturated heterocycles. The van der Waals surface area contributed by atoms with E-state index < -0.39 is 0 Å². The Morgan fingerprint density at radius 1 is 1.43 bits per heavy atom. The lowest BCUT2D eigenvalue weighted by Gasteiger charge is -1.49. The van der Waals surface area contributed by atoms with Crippen molar-refractivity contribution in [1.82, 2.24) is 0 Å². The molecule has 0 nitrogen and oxygen atoms in total. The van der Waals surface area contributed by atoms with Crippen LogP contribution in [0.1, 0.15) is 8.29 Å². The van der Waals surface area contributed by atoms with Gasteiger partial charge in [-0.05, 0) is 30.6 Å². The maximum Gasteiger partial charge on any atom is 0.125 e. The second-order valence-electron chi connectivity index (χ2n) is 0.750. The van der Waals surface area contributed by atoms with Crippen molar-refractivity contribution >= 4 is 0 Å². The van der Waals surface area contributed by atoms with E-state index in [1.54, 1.807) is 6.92 Å². The van der Waals surface area contributed by atoms with Gasteiger partial charge in [0.05, 0.1) is 0 Å². The molecule has 0 aliphatic heterocycles. The Balaban J connectivity index is 3.75. The first-order valence-electron chi connectivity index (χ1n) is 2.25. The van der Waals surface area contributed by atoms with Crippen LogP contribution in [-0.4, -0.2) is 0 Å². The topological polar surface area (TPSA) is 0 Å². The molecule has 0 aromatic carbocycles. The molecule has 0 atom stereocenters. The van der Waals surface area contributed by atoms with E-state index >= 15 is 0 Å². The van der Waals surface area contributed by atoms with Gasteiger partial charge in [-0.25, -0.2) is 0 Å². The van der Waals surface area contributed by atoms with E-state index in [0.717, 1.165) is 0 Å². The molecular weight excluding hydrogens is 84.1 g/mol. The number of rotatable bonds is 0. The van der Waals surface area contributed by atoms with Crippen LogP contribution < -0.4 is 0 Å². The van der Waals surface area contributed by atoms with Crippen molar-refractivity contribution in [2.24, 2.45) is 0 Å². The van der Waals surface area contributed by atoms with Gasteiger partial charge in [-0.3, -0.25) is 0 Å². The summed E-state index contributed by atoms with van der Waals surface area (Å²) >= 11 is 0. The lowest BCUT2D eigenvalue weighted by atomic mass is 10.5. The van der Waals surface area contributed by atoms with E-state index in [2.05, 4.69) is 29.6 Å². The summed E-state index contributed by atoms with van der Waals surface area (Å²) in [7, 11) is 0. The number of hydrogen-bond acceptors (Lipinski definition) is 0.